The van der Waals surface area contributed by atoms with Gasteiger partial charge in [0.2, 0.25) is 0 Å². The highest BCUT2D eigenvalue weighted by atomic mass is 32.2. The van der Waals surface area contributed by atoms with E-state index >= 15 is 0 Å². The van der Waals surface area contributed by atoms with Crippen LogP contribution < -0.4 is 0 Å². The molecule has 0 aliphatic carbocycles. The van der Waals surface area contributed by atoms with Gasteiger partial charge in [0.25, 0.3) is 0 Å². The van der Waals surface area contributed by atoms with Crippen molar-refractivity contribution in [3.8, 4) is 11.3 Å². The smallest absolute Gasteiger partial charge is 0.181 e. The second-order valence-electron chi connectivity index (χ2n) is 8.53. The standard InChI is InChI=1S/C29H23N5S/c1-19-8-5-6-13-24(19)26-23(16-35-29-27-28(31-17-30-27)32-18-33-29)15-22-12-7-11-21(25(22)34-26)14-20-9-3-2-4-10-20/h2-13,15,17-18H,14,16H2,1H3,(H,30,31,32,33). The fraction of sp³-hybridized carbons (Fsp3) is 0.103. The van der Waals surface area contributed by atoms with Crippen LogP contribution in [0.3, 0.4) is 0 Å². The van der Waals surface area contributed by atoms with E-state index in [1.54, 1.807) is 24.4 Å². The van der Waals surface area contributed by atoms with Crippen molar-refractivity contribution in [3.63, 3.8) is 0 Å². The zero-order valence-electron chi connectivity index (χ0n) is 19.3. The van der Waals surface area contributed by atoms with Crippen LogP contribution in [0.2, 0.25) is 0 Å². The average Bonchev–Trinajstić information content (AvgIpc) is 3.38. The lowest BCUT2D eigenvalue weighted by Gasteiger charge is -2.15. The van der Waals surface area contributed by atoms with E-state index in [-0.39, 0.29) is 0 Å². The van der Waals surface area contributed by atoms with E-state index in [1.165, 1.54) is 22.3 Å². The molecule has 3 aromatic heterocycles. The molecule has 3 aromatic carbocycles. The minimum absolute atomic E-state index is 0.684. The third-order valence-corrected chi connectivity index (χ3v) is 7.24. The van der Waals surface area contributed by atoms with Crippen LogP contribution in [-0.4, -0.2) is 24.9 Å². The van der Waals surface area contributed by atoms with Crippen LogP contribution in [0.4, 0.5) is 0 Å². The summed E-state index contributed by atoms with van der Waals surface area (Å²) in [6, 6.07) is 27.8. The molecule has 0 fully saturated rings. The van der Waals surface area contributed by atoms with Crippen LogP contribution >= 0.6 is 11.8 Å². The zero-order chi connectivity index (χ0) is 23.6. The maximum atomic E-state index is 5.30. The van der Waals surface area contributed by atoms with Crippen LogP contribution in [0.5, 0.6) is 0 Å². The SMILES string of the molecule is Cc1ccccc1-c1nc2c(Cc3ccccc3)cccc2cc1CSc1ncnc2nc[nH]c12. The first-order valence-corrected chi connectivity index (χ1v) is 12.5. The molecule has 6 rings (SSSR count). The molecule has 3 heterocycles. The van der Waals surface area contributed by atoms with Gasteiger partial charge in [-0.2, -0.15) is 0 Å². The number of rotatable bonds is 6. The number of hydrogen-bond acceptors (Lipinski definition) is 5. The van der Waals surface area contributed by atoms with Crippen molar-refractivity contribution in [2.24, 2.45) is 0 Å². The lowest BCUT2D eigenvalue weighted by molar-refractivity contribution is 1.08. The number of pyridine rings is 1. The largest absolute Gasteiger partial charge is 0.341 e. The number of nitrogens with one attached hydrogen (secondary N) is 1. The number of fused-ring (bicyclic) bond motifs is 2. The van der Waals surface area contributed by atoms with Gasteiger partial charge in [-0.25, -0.2) is 19.9 Å². The van der Waals surface area contributed by atoms with Crippen molar-refractivity contribution in [2.45, 2.75) is 24.1 Å². The average molecular weight is 474 g/mol. The van der Waals surface area contributed by atoms with Crippen molar-refractivity contribution in [1.29, 1.82) is 0 Å². The molecule has 6 heteroatoms. The zero-order valence-corrected chi connectivity index (χ0v) is 20.1. The van der Waals surface area contributed by atoms with Gasteiger partial charge in [0, 0.05) is 16.7 Å². The summed E-state index contributed by atoms with van der Waals surface area (Å²) >= 11 is 1.68. The van der Waals surface area contributed by atoms with Gasteiger partial charge in [0.1, 0.15) is 16.9 Å². The fourth-order valence-electron chi connectivity index (χ4n) is 4.44. The van der Waals surface area contributed by atoms with Gasteiger partial charge in [-0.05, 0) is 41.7 Å². The van der Waals surface area contributed by atoms with Gasteiger partial charge in [-0.3, -0.25) is 0 Å². The summed E-state index contributed by atoms with van der Waals surface area (Å²) in [4.78, 5) is 21.5. The van der Waals surface area contributed by atoms with Gasteiger partial charge in [-0.15, -0.1) is 0 Å². The third kappa shape index (κ3) is 4.29. The molecule has 6 aromatic rings. The topological polar surface area (TPSA) is 67.3 Å². The maximum absolute atomic E-state index is 5.30. The highest BCUT2D eigenvalue weighted by Crippen LogP contribution is 2.34. The fourth-order valence-corrected chi connectivity index (χ4v) is 5.37. The highest BCUT2D eigenvalue weighted by Gasteiger charge is 2.15. The highest BCUT2D eigenvalue weighted by molar-refractivity contribution is 7.98. The molecule has 5 nitrogen and oxygen atoms in total. The monoisotopic (exact) mass is 473 g/mol. The quantitative estimate of drug-likeness (QED) is 0.214. The Bertz CT molecular complexity index is 1640. The molecule has 0 saturated carbocycles. The number of aromatic amines is 1. The number of aryl methyl sites for hydroxylation is 1. The number of H-pyrrole nitrogens is 1. The first-order chi connectivity index (χ1) is 17.3. The number of aromatic nitrogens is 5. The molecule has 0 unspecified atom stereocenters. The van der Waals surface area contributed by atoms with Crippen molar-refractivity contribution < 1.29 is 0 Å². The van der Waals surface area contributed by atoms with Crippen molar-refractivity contribution in [1.82, 2.24) is 24.9 Å². The molecule has 0 atom stereocenters. The molecule has 0 saturated heterocycles. The van der Waals surface area contributed by atoms with E-state index < -0.39 is 0 Å². The molecule has 0 amide bonds. The molecule has 0 spiro atoms. The van der Waals surface area contributed by atoms with E-state index in [0.29, 0.717) is 5.65 Å². The number of imidazole rings is 1. The van der Waals surface area contributed by atoms with Gasteiger partial charge >= 0.3 is 0 Å². The molecule has 1 N–H and O–H groups in total. The summed E-state index contributed by atoms with van der Waals surface area (Å²) in [5, 5.41) is 2.04. The Hall–Kier alpha value is -4.03. The summed E-state index contributed by atoms with van der Waals surface area (Å²) in [6.45, 7) is 2.15. The predicted octanol–water partition coefficient (Wildman–Crippen LogP) is 6.76. The van der Waals surface area contributed by atoms with Crippen LogP contribution in [-0.2, 0) is 12.2 Å². The number of thioether (sulfide) groups is 1. The van der Waals surface area contributed by atoms with Crippen LogP contribution in [0, 0.1) is 6.92 Å². The summed E-state index contributed by atoms with van der Waals surface area (Å²) in [5.74, 6) is 0.737. The van der Waals surface area contributed by atoms with Gasteiger partial charge in [0.05, 0.1) is 17.5 Å². The van der Waals surface area contributed by atoms with Gasteiger partial charge in [0.15, 0.2) is 5.65 Å². The Morgan fingerprint density at radius 1 is 0.829 bits per heavy atom. The van der Waals surface area contributed by atoms with E-state index in [2.05, 4.69) is 106 Å². The minimum atomic E-state index is 0.684. The summed E-state index contributed by atoms with van der Waals surface area (Å²) < 4.78 is 0. The van der Waals surface area contributed by atoms with Gasteiger partial charge < -0.3 is 4.98 Å². The lowest BCUT2D eigenvalue weighted by atomic mass is 9.97. The van der Waals surface area contributed by atoms with Crippen molar-refractivity contribution >= 4 is 33.8 Å². The molecule has 170 valence electrons. The Morgan fingerprint density at radius 2 is 1.69 bits per heavy atom. The van der Waals surface area contributed by atoms with Gasteiger partial charge in [-0.1, -0.05) is 84.6 Å². The molecule has 0 aliphatic rings. The Labute approximate surface area is 207 Å². The normalized spacial score (nSPS) is 11.3. The molecule has 35 heavy (non-hydrogen) atoms. The maximum Gasteiger partial charge on any atom is 0.181 e. The minimum Gasteiger partial charge on any atom is -0.341 e. The molecular weight excluding hydrogens is 450 g/mol. The van der Waals surface area contributed by atoms with Crippen LogP contribution in [0.25, 0.3) is 33.3 Å². The first-order valence-electron chi connectivity index (χ1n) is 11.5. The van der Waals surface area contributed by atoms with Crippen LogP contribution in [0.15, 0.2) is 96.5 Å². The molecular formula is C29H23N5S. The Balaban J connectivity index is 1.46. The summed E-state index contributed by atoms with van der Waals surface area (Å²) in [6.07, 6.45) is 4.08. The molecule has 0 radical (unpaired) electrons. The lowest BCUT2D eigenvalue weighted by Crippen LogP contribution is -1.99. The van der Waals surface area contributed by atoms with Crippen molar-refractivity contribution in [2.75, 3.05) is 0 Å². The molecule has 0 bridgehead atoms. The van der Waals surface area contributed by atoms with Crippen molar-refractivity contribution in [3.05, 3.63) is 114 Å². The third-order valence-electron chi connectivity index (χ3n) is 6.20. The van der Waals surface area contributed by atoms with E-state index in [9.17, 15) is 0 Å². The number of benzene rings is 3. The van der Waals surface area contributed by atoms with E-state index in [0.717, 1.165) is 44.9 Å². The number of para-hydroxylation sites is 1. The predicted molar refractivity (Wildman–Crippen MR) is 142 cm³/mol. The number of nitrogens with zero attached hydrogens (tertiary/aromatic N) is 4. The Kier molecular flexibility index (Phi) is 5.72. The summed E-state index contributed by atoms with van der Waals surface area (Å²) in [5.41, 5.74) is 9.71. The first kappa shape index (κ1) is 21.5. The number of hydrogen-bond donors (Lipinski definition) is 1. The molecule has 0 aliphatic heterocycles. The summed E-state index contributed by atoms with van der Waals surface area (Å²) in [7, 11) is 0. The van der Waals surface area contributed by atoms with Crippen LogP contribution in [0.1, 0.15) is 22.3 Å². The second-order valence-corrected chi connectivity index (χ2v) is 9.49. The van der Waals surface area contributed by atoms with E-state index in [4.69, 9.17) is 4.98 Å². The second kappa shape index (κ2) is 9.31. The van der Waals surface area contributed by atoms with E-state index in [1.807, 2.05) is 0 Å². The Morgan fingerprint density at radius 3 is 2.57 bits per heavy atom.